The van der Waals surface area contributed by atoms with Crippen LogP contribution in [0.2, 0.25) is 0 Å². The molecule has 0 aliphatic heterocycles. The Morgan fingerprint density at radius 2 is 1.83 bits per heavy atom. The molecule has 1 aromatic heterocycles. The summed E-state index contributed by atoms with van der Waals surface area (Å²) in [5.74, 6) is 4.91. The molecule has 10 heteroatoms. The van der Waals surface area contributed by atoms with Crippen molar-refractivity contribution in [2.24, 2.45) is 5.84 Å². The van der Waals surface area contributed by atoms with Crippen molar-refractivity contribution in [3.8, 4) is 12.0 Å². The molecular weight excluding hydrogens is 255 g/mol. The standard InChI is InChI=1S/C8H12F3N5O2/c1-4(2)18-7-14-5(16-12)13-6(15-7)17-3-8(9,10)11/h4H,3,12H2,1-2H3,(H,13,14,15,16). The number of alkyl halides is 3. The highest BCUT2D eigenvalue weighted by Crippen LogP contribution is 2.18. The molecule has 0 bridgehead atoms. The van der Waals surface area contributed by atoms with Gasteiger partial charge in [0, 0.05) is 0 Å². The molecule has 0 aliphatic rings. The molecule has 1 rings (SSSR count). The average molecular weight is 267 g/mol. The topological polar surface area (TPSA) is 95.2 Å². The fourth-order valence-corrected chi connectivity index (χ4v) is 0.877. The molecule has 7 nitrogen and oxygen atoms in total. The number of halogens is 3. The van der Waals surface area contributed by atoms with Crippen LogP contribution < -0.4 is 20.7 Å². The number of hydrogen-bond acceptors (Lipinski definition) is 7. The summed E-state index contributed by atoms with van der Waals surface area (Å²) in [4.78, 5) is 10.8. The largest absolute Gasteiger partial charge is 0.461 e. The first-order chi connectivity index (χ1) is 8.30. The van der Waals surface area contributed by atoms with E-state index in [4.69, 9.17) is 10.6 Å². The molecule has 0 atom stereocenters. The van der Waals surface area contributed by atoms with Gasteiger partial charge in [-0.05, 0) is 13.8 Å². The van der Waals surface area contributed by atoms with Crippen LogP contribution >= 0.6 is 0 Å². The maximum Gasteiger partial charge on any atom is 0.422 e. The Hall–Kier alpha value is -1.84. The number of rotatable bonds is 5. The van der Waals surface area contributed by atoms with E-state index in [9.17, 15) is 13.2 Å². The zero-order chi connectivity index (χ0) is 13.8. The Kier molecular flexibility index (Phi) is 4.48. The van der Waals surface area contributed by atoms with Gasteiger partial charge in [-0.3, -0.25) is 5.43 Å². The molecule has 0 aromatic carbocycles. The second kappa shape index (κ2) is 5.67. The van der Waals surface area contributed by atoms with E-state index in [1.165, 1.54) is 0 Å². The van der Waals surface area contributed by atoms with Crippen LogP contribution in [0.3, 0.4) is 0 Å². The van der Waals surface area contributed by atoms with E-state index in [0.29, 0.717) is 0 Å². The lowest BCUT2D eigenvalue weighted by Gasteiger charge is -2.11. The molecule has 0 aliphatic carbocycles. The summed E-state index contributed by atoms with van der Waals surface area (Å²) < 4.78 is 45.4. The molecule has 0 radical (unpaired) electrons. The minimum atomic E-state index is -4.48. The molecule has 0 saturated heterocycles. The highest BCUT2D eigenvalue weighted by Gasteiger charge is 2.29. The Morgan fingerprint density at radius 3 is 2.33 bits per heavy atom. The molecule has 18 heavy (non-hydrogen) atoms. The summed E-state index contributed by atoms with van der Waals surface area (Å²) in [7, 11) is 0. The fraction of sp³-hybridized carbons (Fsp3) is 0.625. The molecule has 102 valence electrons. The number of hydrazine groups is 1. The van der Waals surface area contributed by atoms with Gasteiger partial charge in [0.15, 0.2) is 6.61 Å². The number of hydrogen-bond donors (Lipinski definition) is 2. The van der Waals surface area contributed by atoms with Crippen LogP contribution in [0.1, 0.15) is 13.8 Å². The predicted molar refractivity (Wildman–Crippen MR) is 55.0 cm³/mol. The second-order valence-electron chi connectivity index (χ2n) is 3.44. The van der Waals surface area contributed by atoms with Gasteiger partial charge in [0.1, 0.15) is 0 Å². The summed E-state index contributed by atoms with van der Waals surface area (Å²) >= 11 is 0. The normalized spacial score (nSPS) is 11.5. The minimum absolute atomic E-state index is 0.155. The summed E-state index contributed by atoms with van der Waals surface area (Å²) in [5.41, 5.74) is 2.07. The van der Waals surface area contributed by atoms with Crippen molar-refractivity contribution < 1.29 is 22.6 Å². The number of aromatic nitrogens is 3. The fourth-order valence-electron chi connectivity index (χ4n) is 0.877. The van der Waals surface area contributed by atoms with Gasteiger partial charge < -0.3 is 9.47 Å². The first-order valence-corrected chi connectivity index (χ1v) is 4.89. The molecule has 3 N–H and O–H groups in total. The van der Waals surface area contributed by atoms with Crippen molar-refractivity contribution in [3.05, 3.63) is 0 Å². The molecule has 1 heterocycles. The summed E-state index contributed by atoms with van der Waals surface area (Å²) in [5, 5.41) is 0. The van der Waals surface area contributed by atoms with Gasteiger partial charge in [0.25, 0.3) is 0 Å². The maximum atomic E-state index is 12.0. The first-order valence-electron chi connectivity index (χ1n) is 4.89. The average Bonchev–Trinajstić information content (AvgIpc) is 2.24. The van der Waals surface area contributed by atoms with Crippen LogP contribution in [-0.2, 0) is 0 Å². The lowest BCUT2D eigenvalue weighted by Crippen LogP contribution is -2.21. The van der Waals surface area contributed by atoms with Crippen LogP contribution in [0.15, 0.2) is 0 Å². The Bertz CT molecular complexity index is 399. The van der Waals surface area contributed by atoms with E-state index in [0.717, 1.165) is 0 Å². The highest BCUT2D eigenvalue weighted by molar-refractivity contribution is 5.25. The number of nitrogens with two attached hydrogens (primary N) is 1. The van der Waals surface area contributed by atoms with Crippen LogP contribution in [0.5, 0.6) is 12.0 Å². The van der Waals surface area contributed by atoms with Crippen LogP contribution in [0, 0.1) is 0 Å². The van der Waals surface area contributed by atoms with Gasteiger partial charge in [0.2, 0.25) is 5.95 Å². The van der Waals surface area contributed by atoms with E-state index < -0.39 is 18.8 Å². The highest BCUT2D eigenvalue weighted by atomic mass is 19.4. The van der Waals surface area contributed by atoms with Crippen molar-refractivity contribution in [2.75, 3.05) is 12.0 Å². The van der Waals surface area contributed by atoms with Gasteiger partial charge in [-0.1, -0.05) is 0 Å². The smallest absolute Gasteiger partial charge is 0.422 e. The number of nitrogens with zero attached hydrogens (tertiary/aromatic N) is 3. The summed E-state index contributed by atoms with van der Waals surface area (Å²) in [6.07, 6.45) is -4.74. The van der Waals surface area contributed by atoms with E-state index in [2.05, 4.69) is 25.1 Å². The molecule has 1 aromatic rings. The van der Waals surface area contributed by atoms with E-state index in [1.807, 2.05) is 0 Å². The number of nitrogens with one attached hydrogen (secondary N) is 1. The Labute approximate surface area is 100 Å². The van der Waals surface area contributed by atoms with Crippen LogP contribution in [0.4, 0.5) is 19.1 Å². The van der Waals surface area contributed by atoms with Crippen LogP contribution in [0.25, 0.3) is 0 Å². The van der Waals surface area contributed by atoms with E-state index in [1.54, 1.807) is 13.8 Å². The summed E-state index contributed by atoms with van der Waals surface area (Å²) in [6.45, 7) is 1.90. The number of ether oxygens (including phenoxy) is 2. The number of nitrogen functional groups attached to an aromatic ring is 1. The zero-order valence-electron chi connectivity index (χ0n) is 9.65. The number of anilines is 1. The van der Waals surface area contributed by atoms with E-state index in [-0.39, 0.29) is 18.1 Å². The first kappa shape index (κ1) is 14.2. The third-order valence-electron chi connectivity index (χ3n) is 1.43. The second-order valence-corrected chi connectivity index (χ2v) is 3.44. The van der Waals surface area contributed by atoms with Gasteiger partial charge in [-0.15, -0.1) is 4.98 Å². The maximum absolute atomic E-state index is 12.0. The van der Waals surface area contributed by atoms with Gasteiger partial charge in [-0.25, -0.2) is 5.84 Å². The molecular formula is C8H12F3N5O2. The lowest BCUT2D eigenvalue weighted by atomic mass is 10.5. The van der Waals surface area contributed by atoms with Gasteiger partial charge in [-0.2, -0.15) is 23.1 Å². The zero-order valence-corrected chi connectivity index (χ0v) is 9.65. The predicted octanol–water partition coefficient (Wildman–Crippen LogP) is 0.886. The van der Waals surface area contributed by atoms with Gasteiger partial charge in [0.05, 0.1) is 6.10 Å². The summed E-state index contributed by atoms with van der Waals surface area (Å²) in [6, 6.07) is -0.698. The Morgan fingerprint density at radius 1 is 1.22 bits per heavy atom. The van der Waals surface area contributed by atoms with E-state index >= 15 is 0 Å². The van der Waals surface area contributed by atoms with Crippen molar-refractivity contribution in [2.45, 2.75) is 26.1 Å². The van der Waals surface area contributed by atoms with Crippen molar-refractivity contribution in [1.82, 2.24) is 15.0 Å². The Balaban J connectivity index is 2.83. The molecule has 0 spiro atoms. The van der Waals surface area contributed by atoms with Crippen LogP contribution in [-0.4, -0.2) is 33.8 Å². The molecule has 0 saturated carbocycles. The van der Waals surface area contributed by atoms with Gasteiger partial charge >= 0.3 is 18.2 Å². The minimum Gasteiger partial charge on any atom is -0.461 e. The van der Waals surface area contributed by atoms with Crippen molar-refractivity contribution in [1.29, 1.82) is 0 Å². The van der Waals surface area contributed by atoms with Crippen molar-refractivity contribution >= 4 is 5.95 Å². The third-order valence-corrected chi connectivity index (χ3v) is 1.43. The lowest BCUT2D eigenvalue weighted by molar-refractivity contribution is -0.154. The SMILES string of the molecule is CC(C)Oc1nc(NN)nc(OCC(F)(F)F)n1. The molecule has 0 fully saturated rings. The monoisotopic (exact) mass is 267 g/mol. The molecule has 0 amide bonds. The molecule has 0 unspecified atom stereocenters. The van der Waals surface area contributed by atoms with Crippen molar-refractivity contribution in [3.63, 3.8) is 0 Å². The quantitative estimate of drug-likeness (QED) is 0.604. The third kappa shape index (κ3) is 4.99.